The van der Waals surface area contributed by atoms with Crippen LogP contribution in [0.3, 0.4) is 0 Å². The van der Waals surface area contributed by atoms with E-state index in [-0.39, 0.29) is 5.69 Å². The van der Waals surface area contributed by atoms with Crippen molar-refractivity contribution in [1.82, 2.24) is 26.0 Å². The summed E-state index contributed by atoms with van der Waals surface area (Å²) < 4.78 is 0. The van der Waals surface area contributed by atoms with Crippen molar-refractivity contribution >= 4 is 35.5 Å². The van der Waals surface area contributed by atoms with Gasteiger partial charge in [0.15, 0.2) is 0 Å². The molecule has 3 fully saturated rings. The van der Waals surface area contributed by atoms with Gasteiger partial charge in [0.2, 0.25) is 0 Å². The Morgan fingerprint density at radius 1 is 1.03 bits per heavy atom. The average molecular weight is 458 g/mol. The van der Waals surface area contributed by atoms with E-state index in [2.05, 4.69) is 16.1 Å². The maximum atomic E-state index is 13.0. The first-order chi connectivity index (χ1) is 15.6. The minimum Gasteiger partial charge on any atom is -0.322 e. The molecule has 7 amide bonds. The molecule has 1 saturated carbocycles. The molecule has 33 heavy (non-hydrogen) atoms. The van der Waals surface area contributed by atoms with Crippen molar-refractivity contribution in [2.45, 2.75) is 50.1 Å². The third-order valence-electron chi connectivity index (χ3n) is 6.34. The molecule has 2 aliphatic heterocycles. The van der Waals surface area contributed by atoms with Crippen LogP contribution < -0.4 is 16.1 Å². The molecule has 0 aromatic heterocycles. The number of nitrogens with zero attached hydrogens (tertiary/aromatic N) is 3. The average Bonchev–Trinajstić information content (AvgIpc) is 3.14. The van der Waals surface area contributed by atoms with Crippen LogP contribution in [-0.2, 0) is 19.9 Å². The van der Waals surface area contributed by atoms with Crippen molar-refractivity contribution in [3.05, 3.63) is 39.9 Å². The number of rotatable bonds is 5. The minimum absolute atomic E-state index is 0.181. The quantitative estimate of drug-likeness (QED) is 0.330. The summed E-state index contributed by atoms with van der Waals surface area (Å²) >= 11 is 0. The van der Waals surface area contributed by atoms with Gasteiger partial charge in [-0.2, -0.15) is 5.01 Å². The van der Waals surface area contributed by atoms with Crippen LogP contribution in [0.25, 0.3) is 0 Å². The smallest absolute Gasteiger partial charge is 0.322 e. The van der Waals surface area contributed by atoms with Gasteiger partial charge in [0.25, 0.3) is 23.4 Å². The first-order valence-electron chi connectivity index (χ1n) is 10.4. The molecular formula is C20H22N6O7. The SMILES string of the molecule is CC1(c2ccc([N+](=O)[O-])cc2)NC(=O)N(CC(=O)NN2C(=O)NC3(CCCCC3)C2=O)C1=O. The van der Waals surface area contributed by atoms with Crippen LogP contribution in [0.15, 0.2) is 24.3 Å². The second-order valence-electron chi connectivity index (χ2n) is 8.50. The zero-order valence-corrected chi connectivity index (χ0v) is 17.8. The van der Waals surface area contributed by atoms with E-state index in [1.54, 1.807) is 0 Å². The van der Waals surface area contributed by atoms with Crippen molar-refractivity contribution in [1.29, 1.82) is 0 Å². The van der Waals surface area contributed by atoms with Gasteiger partial charge in [-0.15, -0.1) is 0 Å². The Bertz CT molecular complexity index is 1070. The molecule has 3 N–H and O–H groups in total. The predicted octanol–water partition coefficient (Wildman–Crippen LogP) is 0.648. The van der Waals surface area contributed by atoms with Gasteiger partial charge in [0, 0.05) is 12.1 Å². The number of hydrogen-bond donors (Lipinski definition) is 3. The molecule has 2 heterocycles. The highest BCUT2D eigenvalue weighted by atomic mass is 16.6. The monoisotopic (exact) mass is 458 g/mol. The Morgan fingerprint density at radius 2 is 1.67 bits per heavy atom. The maximum absolute atomic E-state index is 13.0. The Labute approximate surface area is 187 Å². The third kappa shape index (κ3) is 3.64. The topological polar surface area (TPSA) is 171 Å². The van der Waals surface area contributed by atoms with Crippen LogP contribution in [0.4, 0.5) is 15.3 Å². The van der Waals surface area contributed by atoms with Gasteiger partial charge in [0.1, 0.15) is 17.6 Å². The molecule has 1 aliphatic carbocycles. The summed E-state index contributed by atoms with van der Waals surface area (Å²) in [7, 11) is 0. The first kappa shape index (κ1) is 22.2. The fourth-order valence-electron chi connectivity index (χ4n) is 4.47. The van der Waals surface area contributed by atoms with E-state index < -0.39 is 52.3 Å². The predicted molar refractivity (Wildman–Crippen MR) is 110 cm³/mol. The van der Waals surface area contributed by atoms with Crippen LogP contribution in [0.2, 0.25) is 0 Å². The molecule has 1 aromatic rings. The summed E-state index contributed by atoms with van der Waals surface area (Å²) in [6, 6.07) is 3.48. The molecule has 13 heteroatoms. The highest BCUT2D eigenvalue weighted by Crippen LogP contribution is 2.33. The fourth-order valence-corrected chi connectivity index (χ4v) is 4.47. The van der Waals surface area contributed by atoms with Gasteiger partial charge >= 0.3 is 12.1 Å². The van der Waals surface area contributed by atoms with Crippen molar-refractivity contribution in [3.63, 3.8) is 0 Å². The van der Waals surface area contributed by atoms with E-state index in [0.717, 1.165) is 19.3 Å². The van der Waals surface area contributed by atoms with Gasteiger partial charge in [-0.3, -0.25) is 34.8 Å². The fraction of sp³-hybridized carbons (Fsp3) is 0.450. The lowest BCUT2D eigenvalue weighted by atomic mass is 9.82. The van der Waals surface area contributed by atoms with Gasteiger partial charge in [-0.25, -0.2) is 9.59 Å². The highest BCUT2D eigenvalue weighted by Gasteiger charge is 2.53. The molecule has 3 aliphatic rings. The number of urea groups is 2. The van der Waals surface area contributed by atoms with Gasteiger partial charge in [0.05, 0.1) is 4.92 Å². The number of carbonyl (C=O) groups excluding carboxylic acids is 5. The number of hydrogen-bond acceptors (Lipinski definition) is 7. The summed E-state index contributed by atoms with van der Waals surface area (Å²) in [5.41, 5.74) is -0.270. The van der Waals surface area contributed by atoms with Crippen LogP contribution in [0, 0.1) is 10.1 Å². The largest absolute Gasteiger partial charge is 0.344 e. The maximum Gasteiger partial charge on any atom is 0.344 e. The molecule has 1 unspecified atom stereocenters. The number of carbonyl (C=O) groups is 5. The molecule has 0 radical (unpaired) electrons. The molecule has 1 spiro atoms. The number of nitro groups is 1. The minimum atomic E-state index is -1.54. The molecule has 4 rings (SSSR count). The summed E-state index contributed by atoms with van der Waals surface area (Å²) in [6.45, 7) is 0.688. The number of imide groups is 2. The molecule has 174 valence electrons. The second kappa shape index (κ2) is 7.83. The first-order valence-corrected chi connectivity index (χ1v) is 10.4. The van der Waals surface area contributed by atoms with Gasteiger partial charge < -0.3 is 10.6 Å². The Kier molecular flexibility index (Phi) is 5.26. The number of non-ortho nitro benzene ring substituents is 1. The second-order valence-corrected chi connectivity index (χ2v) is 8.50. The lowest BCUT2D eigenvalue weighted by Gasteiger charge is -2.30. The molecule has 1 aromatic carbocycles. The molecule has 0 bridgehead atoms. The van der Waals surface area contributed by atoms with E-state index >= 15 is 0 Å². The van der Waals surface area contributed by atoms with E-state index in [1.165, 1.54) is 31.2 Å². The summed E-state index contributed by atoms with van der Waals surface area (Å²) in [6.07, 6.45) is 3.46. The van der Waals surface area contributed by atoms with Crippen molar-refractivity contribution in [3.8, 4) is 0 Å². The van der Waals surface area contributed by atoms with E-state index in [0.29, 0.717) is 28.3 Å². The number of nitro benzene ring substituents is 1. The van der Waals surface area contributed by atoms with Crippen LogP contribution in [0.1, 0.15) is 44.6 Å². The van der Waals surface area contributed by atoms with Crippen molar-refractivity contribution < 1.29 is 28.9 Å². The van der Waals surface area contributed by atoms with E-state index in [4.69, 9.17) is 0 Å². The normalized spacial score (nSPS) is 24.2. The Morgan fingerprint density at radius 3 is 2.27 bits per heavy atom. The number of nitrogens with one attached hydrogen (secondary N) is 3. The van der Waals surface area contributed by atoms with Crippen molar-refractivity contribution in [2.24, 2.45) is 0 Å². The summed E-state index contributed by atoms with van der Waals surface area (Å²) in [5.74, 6) is -2.21. The van der Waals surface area contributed by atoms with Crippen LogP contribution in [-0.4, -0.2) is 56.7 Å². The molecule has 13 nitrogen and oxygen atoms in total. The number of amides is 7. The number of hydrazine groups is 1. The zero-order chi connectivity index (χ0) is 24.0. The van der Waals surface area contributed by atoms with Gasteiger partial charge in [-0.05, 0) is 37.5 Å². The van der Waals surface area contributed by atoms with Gasteiger partial charge in [-0.1, -0.05) is 19.3 Å². The van der Waals surface area contributed by atoms with Crippen LogP contribution in [0.5, 0.6) is 0 Å². The summed E-state index contributed by atoms with van der Waals surface area (Å²) in [4.78, 5) is 73.9. The molecule has 1 atom stereocenters. The lowest BCUT2D eigenvalue weighted by molar-refractivity contribution is -0.384. The van der Waals surface area contributed by atoms with E-state index in [9.17, 15) is 34.1 Å². The molecular weight excluding hydrogens is 436 g/mol. The highest BCUT2D eigenvalue weighted by molar-refractivity contribution is 6.10. The Balaban J connectivity index is 1.44. The molecule has 2 saturated heterocycles. The lowest BCUT2D eigenvalue weighted by Crippen LogP contribution is -2.53. The standard InChI is InChI=1S/C20H22N6O7/c1-19(12-5-7-13(8-6-12)26(32)33)15(28)24(17(30)21-19)11-14(27)23-25-16(29)20(22-18(25)31)9-3-2-4-10-20/h5-8H,2-4,9-11H2,1H3,(H,21,30)(H,22,31)(H,23,27). The third-order valence-corrected chi connectivity index (χ3v) is 6.34. The Hall–Kier alpha value is -4.03. The van der Waals surface area contributed by atoms with Crippen LogP contribution >= 0.6 is 0 Å². The summed E-state index contributed by atoms with van der Waals surface area (Å²) in [5, 5.41) is 16.6. The number of benzene rings is 1. The zero-order valence-electron chi connectivity index (χ0n) is 17.8. The van der Waals surface area contributed by atoms with Crippen molar-refractivity contribution in [2.75, 3.05) is 6.54 Å². The van der Waals surface area contributed by atoms with E-state index in [1.807, 2.05) is 0 Å².